The molecule has 0 saturated carbocycles. The average molecular weight is 491 g/mol. The molecule has 178 valence electrons. The molecule has 6 nitrogen and oxygen atoms in total. The number of nitrogens with zero attached hydrogens (tertiary/aromatic N) is 1. The Bertz CT molecular complexity index is 1070. The molecule has 2 aromatic rings. The standard InChI is InChI=1S/C25H31ClN2O4S/c1-32-24-13-12-22(18-23(24)26)33(30,31)28(17-15-21-10-6-3-7-11-21)19-25(29)27-16-14-20-8-4-2-5-9-20/h3,6-8,10-13,18H,2,4-5,9,14-17,19H2,1H3,(H,27,29). The third kappa shape index (κ3) is 7.32. The van der Waals surface area contributed by atoms with E-state index >= 15 is 0 Å². The zero-order chi connectivity index (χ0) is 23.7. The molecule has 8 heteroatoms. The summed E-state index contributed by atoms with van der Waals surface area (Å²) >= 11 is 6.17. The van der Waals surface area contributed by atoms with Gasteiger partial charge in [-0.15, -0.1) is 0 Å². The fourth-order valence-electron chi connectivity index (χ4n) is 3.85. The molecular formula is C25H31ClN2O4S. The van der Waals surface area contributed by atoms with Crippen molar-refractivity contribution in [3.05, 3.63) is 70.8 Å². The lowest BCUT2D eigenvalue weighted by Crippen LogP contribution is -2.42. The lowest BCUT2D eigenvalue weighted by atomic mass is 9.97. The van der Waals surface area contributed by atoms with E-state index in [0.717, 1.165) is 24.8 Å². The number of ether oxygens (including phenoxy) is 1. The molecule has 0 spiro atoms. The average Bonchev–Trinajstić information content (AvgIpc) is 2.83. The fourth-order valence-corrected chi connectivity index (χ4v) is 5.60. The predicted molar refractivity (Wildman–Crippen MR) is 131 cm³/mol. The first-order valence-corrected chi connectivity index (χ1v) is 13.0. The SMILES string of the molecule is COc1ccc(S(=O)(=O)N(CCc2ccccc2)CC(=O)NCCC2=CCCCC2)cc1Cl. The maximum atomic E-state index is 13.4. The highest BCUT2D eigenvalue weighted by molar-refractivity contribution is 7.89. The minimum Gasteiger partial charge on any atom is -0.495 e. The van der Waals surface area contributed by atoms with E-state index in [1.54, 1.807) is 0 Å². The fraction of sp³-hybridized carbons (Fsp3) is 0.400. The number of carbonyl (C=O) groups is 1. The van der Waals surface area contributed by atoms with Crippen LogP contribution in [-0.2, 0) is 21.2 Å². The topological polar surface area (TPSA) is 75.7 Å². The molecule has 0 aliphatic heterocycles. The van der Waals surface area contributed by atoms with Crippen LogP contribution in [0.3, 0.4) is 0 Å². The number of carbonyl (C=O) groups excluding carboxylic acids is 1. The Morgan fingerprint density at radius 2 is 1.91 bits per heavy atom. The number of rotatable bonds is 11. The monoisotopic (exact) mass is 490 g/mol. The Balaban J connectivity index is 1.71. The van der Waals surface area contributed by atoms with Crippen molar-refractivity contribution in [3.8, 4) is 5.75 Å². The summed E-state index contributed by atoms with van der Waals surface area (Å²) < 4.78 is 33.1. The molecule has 0 bridgehead atoms. The van der Waals surface area contributed by atoms with E-state index in [9.17, 15) is 13.2 Å². The van der Waals surface area contributed by atoms with Crippen molar-refractivity contribution in [2.75, 3.05) is 26.7 Å². The molecule has 33 heavy (non-hydrogen) atoms. The number of benzene rings is 2. The van der Waals surface area contributed by atoms with E-state index in [1.165, 1.54) is 48.0 Å². The van der Waals surface area contributed by atoms with E-state index < -0.39 is 10.0 Å². The van der Waals surface area contributed by atoms with Gasteiger partial charge < -0.3 is 10.1 Å². The zero-order valence-corrected chi connectivity index (χ0v) is 20.5. The summed E-state index contributed by atoms with van der Waals surface area (Å²) in [7, 11) is -2.47. The van der Waals surface area contributed by atoms with Crippen LogP contribution in [0.4, 0.5) is 0 Å². The Kier molecular flexibility index (Phi) is 9.35. The van der Waals surface area contributed by atoms with Gasteiger partial charge in [0.1, 0.15) is 5.75 Å². The minimum atomic E-state index is -3.94. The maximum Gasteiger partial charge on any atom is 0.243 e. The zero-order valence-electron chi connectivity index (χ0n) is 18.9. The molecule has 0 saturated heterocycles. The van der Waals surface area contributed by atoms with Gasteiger partial charge in [-0.05, 0) is 62.3 Å². The first-order valence-electron chi connectivity index (χ1n) is 11.2. The molecule has 1 amide bonds. The summed E-state index contributed by atoms with van der Waals surface area (Å²) in [6.07, 6.45) is 8.13. The second-order valence-corrected chi connectivity index (χ2v) is 10.4. The number of hydrogen-bond donors (Lipinski definition) is 1. The van der Waals surface area contributed by atoms with E-state index in [2.05, 4.69) is 11.4 Å². The molecule has 0 atom stereocenters. The molecule has 0 heterocycles. The summed E-state index contributed by atoms with van der Waals surface area (Å²) in [5.74, 6) is 0.0730. The van der Waals surface area contributed by atoms with Crippen molar-refractivity contribution in [2.24, 2.45) is 0 Å². The molecule has 0 radical (unpaired) electrons. The highest BCUT2D eigenvalue weighted by atomic mass is 35.5. The Labute approximate surface area is 201 Å². The van der Waals surface area contributed by atoms with Crippen molar-refractivity contribution in [2.45, 2.75) is 43.4 Å². The number of allylic oxidation sites excluding steroid dienone is 1. The third-order valence-corrected chi connectivity index (χ3v) is 7.86. The van der Waals surface area contributed by atoms with Crippen LogP contribution in [0.5, 0.6) is 5.75 Å². The Hall–Kier alpha value is -2.35. The van der Waals surface area contributed by atoms with Gasteiger partial charge in [0.15, 0.2) is 0 Å². The van der Waals surface area contributed by atoms with Crippen LogP contribution in [0, 0.1) is 0 Å². The van der Waals surface area contributed by atoms with E-state index in [-0.39, 0.29) is 28.9 Å². The van der Waals surface area contributed by atoms with E-state index in [4.69, 9.17) is 16.3 Å². The molecular weight excluding hydrogens is 460 g/mol. The number of amides is 1. The van der Waals surface area contributed by atoms with Crippen LogP contribution in [0.15, 0.2) is 65.1 Å². The van der Waals surface area contributed by atoms with Crippen molar-refractivity contribution in [1.82, 2.24) is 9.62 Å². The third-order valence-electron chi connectivity index (χ3n) is 5.73. The van der Waals surface area contributed by atoms with Crippen LogP contribution in [0.2, 0.25) is 5.02 Å². The van der Waals surface area contributed by atoms with Crippen LogP contribution in [0.25, 0.3) is 0 Å². The number of halogens is 1. The Morgan fingerprint density at radius 1 is 1.12 bits per heavy atom. The predicted octanol–water partition coefficient (Wildman–Crippen LogP) is 4.59. The van der Waals surface area contributed by atoms with Gasteiger partial charge in [0, 0.05) is 13.1 Å². The van der Waals surface area contributed by atoms with Crippen LogP contribution >= 0.6 is 11.6 Å². The highest BCUT2D eigenvalue weighted by Gasteiger charge is 2.27. The number of methoxy groups -OCH3 is 1. The van der Waals surface area contributed by atoms with E-state index in [0.29, 0.717) is 18.7 Å². The maximum absolute atomic E-state index is 13.4. The van der Waals surface area contributed by atoms with E-state index in [1.807, 2.05) is 30.3 Å². The van der Waals surface area contributed by atoms with Gasteiger partial charge in [0.05, 0.1) is 23.6 Å². The summed E-state index contributed by atoms with van der Waals surface area (Å²) in [4.78, 5) is 12.7. The quantitative estimate of drug-likeness (QED) is 0.467. The molecule has 1 aliphatic rings. The second kappa shape index (κ2) is 12.2. The molecule has 3 rings (SSSR count). The van der Waals surface area contributed by atoms with Crippen molar-refractivity contribution in [3.63, 3.8) is 0 Å². The van der Waals surface area contributed by atoms with Gasteiger partial charge in [-0.2, -0.15) is 4.31 Å². The summed E-state index contributed by atoms with van der Waals surface area (Å²) in [6, 6.07) is 13.9. The van der Waals surface area contributed by atoms with Crippen molar-refractivity contribution < 1.29 is 17.9 Å². The molecule has 1 N–H and O–H groups in total. The van der Waals surface area contributed by atoms with Crippen LogP contribution in [0.1, 0.15) is 37.7 Å². The summed E-state index contributed by atoms with van der Waals surface area (Å²) in [5.41, 5.74) is 2.36. The lowest BCUT2D eigenvalue weighted by Gasteiger charge is -2.22. The first-order chi connectivity index (χ1) is 15.9. The number of sulfonamides is 1. The number of hydrogen-bond acceptors (Lipinski definition) is 4. The van der Waals surface area contributed by atoms with Crippen molar-refractivity contribution >= 4 is 27.5 Å². The first kappa shape index (κ1) is 25.3. The van der Waals surface area contributed by atoms with Crippen molar-refractivity contribution in [1.29, 1.82) is 0 Å². The van der Waals surface area contributed by atoms with Gasteiger partial charge in [0.2, 0.25) is 15.9 Å². The van der Waals surface area contributed by atoms with Gasteiger partial charge in [-0.3, -0.25) is 4.79 Å². The van der Waals surface area contributed by atoms with Crippen LogP contribution < -0.4 is 10.1 Å². The van der Waals surface area contributed by atoms with Crippen LogP contribution in [-0.4, -0.2) is 45.4 Å². The van der Waals surface area contributed by atoms with Gasteiger partial charge in [-0.1, -0.05) is 53.6 Å². The smallest absolute Gasteiger partial charge is 0.243 e. The number of nitrogens with one attached hydrogen (secondary N) is 1. The molecule has 0 fully saturated rings. The molecule has 1 aliphatic carbocycles. The largest absolute Gasteiger partial charge is 0.495 e. The van der Waals surface area contributed by atoms with Gasteiger partial charge in [0.25, 0.3) is 0 Å². The normalized spacial score (nSPS) is 14.1. The molecule has 0 unspecified atom stereocenters. The Morgan fingerprint density at radius 3 is 2.58 bits per heavy atom. The molecule has 0 aromatic heterocycles. The summed E-state index contributed by atoms with van der Waals surface area (Å²) in [5, 5.41) is 3.08. The molecule has 2 aromatic carbocycles. The highest BCUT2D eigenvalue weighted by Crippen LogP contribution is 2.28. The summed E-state index contributed by atoms with van der Waals surface area (Å²) in [6.45, 7) is 0.429. The van der Waals surface area contributed by atoms with Gasteiger partial charge in [-0.25, -0.2) is 8.42 Å². The van der Waals surface area contributed by atoms with Gasteiger partial charge >= 0.3 is 0 Å². The lowest BCUT2D eigenvalue weighted by molar-refractivity contribution is -0.121. The second-order valence-electron chi connectivity index (χ2n) is 8.08. The minimum absolute atomic E-state index is 0.0292.